The molecule has 18 heavy (non-hydrogen) atoms. The first-order valence-electron chi connectivity index (χ1n) is 6.22. The third-order valence-electron chi connectivity index (χ3n) is 2.55. The minimum Gasteiger partial charge on any atom is -0.378 e. The number of ether oxygens (including phenoxy) is 1. The molecule has 0 saturated carbocycles. The number of rotatable bonds is 7. The number of amides is 2. The molecule has 0 aromatic carbocycles. The summed E-state index contributed by atoms with van der Waals surface area (Å²) in [6.45, 7) is 4.39. The van der Waals surface area contributed by atoms with Crippen LogP contribution in [-0.2, 0) is 24.0 Å². The van der Waals surface area contributed by atoms with Crippen LogP contribution in [0, 0.1) is 0 Å². The fourth-order valence-corrected chi connectivity index (χ4v) is 1.52. The predicted molar refractivity (Wildman–Crippen MR) is 62.1 cm³/mol. The van der Waals surface area contributed by atoms with Crippen LogP contribution in [0.1, 0.15) is 46.0 Å². The quantitative estimate of drug-likeness (QED) is 0.506. The van der Waals surface area contributed by atoms with Crippen LogP contribution in [0.25, 0.3) is 0 Å². The average molecular weight is 257 g/mol. The standard InChI is InChI=1S/C12H19NO5/c1-3-4-7-17-9(2)8-12(16)18-13-10(14)5-6-11(13)15/h9H,3-8H2,1-2H3. The number of imide groups is 1. The van der Waals surface area contributed by atoms with Crippen molar-refractivity contribution in [3.63, 3.8) is 0 Å². The van der Waals surface area contributed by atoms with Crippen molar-refractivity contribution in [2.24, 2.45) is 0 Å². The van der Waals surface area contributed by atoms with E-state index >= 15 is 0 Å². The number of hydroxylamine groups is 2. The van der Waals surface area contributed by atoms with E-state index in [0.717, 1.165) is 12.8 Å². The molecule has 1 atom stereocenters. The van der Waals surface area contributed by atoms with Crippen LogP contribution in [0.5, 0.6) is 0 Å². The van der Waals surface area contributed by atoms with Crippen molar-refractivity contribution in [1.29, 1.82) is 0 Å². The van der Waals surface area contributed by atoms with Gasteiger partial charge in [0.1, 0.15) is 0 Å². The molecule has 2 amide bonds. The molecule has 0 aromatic heterocycles. The molecule has 0 aliphatic carbocycles. The number of nitrogens with zero attached hydrogens (tertiary/aromatic N) is 1. The van der Waals surface area contributed by atoms with Crippen LogP contribution < -0.4 is 0 Å². The first-order valence-corrected chi connectivity index (χ1v) is 6.22. The SMILES string of the molecule is CCCCOC(C)CC(=O)ON1C(=O)CCC1=O. The molecule has 0 aromatic rings. The summed E-state index contributed by atoms with van der Waals surface area (Å²) < 4.78 is 5.38. The summed E-state index contributed by atoms with van der Waals surface area (Å²) in [4.78, 5) is 38.6. The second-order valence-electron chi connectivity index (χ2n) is 4.28. The summed E-state index contributed by atoms with van der Waals surface area (Å²) in [7, 11) is 0. The second-order valence-corrected chi connectivity index (χ2v) is 4.28. The Morgan fingerprint density at radius 2 is 1.94 bits per heavy atom. The van der Waals surface area contributed by atoms with Crippen LogP contribution in [-0.4, -0.2) is 35.6 Å². The molecule has 1 unspecified atom stereocenters. The lowest BCUT2D eigenvalue weighted by Crippen LogP contribution is -2.33. The van der Waals surface area contributed by atoms with Gasteiger partial charge in [0.05, 0.1) is 12.5 Å². The molecule has 1 heterocycles. The first kappa shape index (κ1) is 14.6. The van der Waals surface area contributed by atoms with Gasteiger partial charge in [-0.15, -0.1) is 5.06 Å². The van der Waals surface area contributed by atoms with Gasteiger partial charge in [0, 0.05) is 19.4 Å². The summed E-state index contributed by atoms with van der Waals surface area (Å²) in [5, 5.41) is 0.557. The predicted octanol–water partition coefficient (Wildman–Crippen LogP) is 1.19. The largest absolute Gasteiger partial charge is 0.378 e. The number of carbonyl (C=O) groups is 3. The van der Waals surface area contributed by atoms with Gasteiger partial charge in [-0.1, -0.05) is 13.3 Å². The van der Waals surface area contributed by atoms with E-state index in [9.17, 15) is 14.4 Å². The van der Waals surface area contributed by atoms with Gasteiger partial charge in [-0.05, 0) is 13.3 Å². The molecule has 1 fully saturated rings. The molecule has 102 valence electrons. The Morgan fingerprint density at radius 1 is 1.33 bits per heavy atom. The van der Waals surface area contributed by atoms with Gasteiger partial charge in [-0.25, -0.2) is 4.79 Å². The number of hydrogen-bond donors (Lipinski definition) is 0. The van der Waals surface area contributed by atoms with E-state index in [-0.39, 0.29) is 25.4 Å². The van der Waals surface area contributed by atoms with Crippen molar-refractivity contribution in [3.05, 3.63) is 0 Å². The Kier molecular flexibility index (Phi) is 5.77. The summed E-state index contributed by atoms with van der Waals surface area (Å²) in [6, 6.07) is 0. The molecular formula is C12H19NO5. The van der Waals surface area contributed by atoms with Crippen LogP contribution in [0.4, 0.5) is 0 Å². The van der Waals surface area contributed by atoms with E-state index in [4.69, 9.17) is 9.57 Å². The van der Waals surface area contributed by atoms with E-state index in [2.05, 4.69) is 0 Å². The van der Waals surface area contributed by atoms with Crippen LogP contribution >= 0.6 is 0 Å². The molecule has 1 aliphatic rings. The summed E-state index contributed by atoms with van der Waals surface area (Å²) in [5.41, 5.74) is 0. The molecule has 1 aliphatic heterocycles. The first-order chi connectivity index (χ1) is 8.54. The molecular weight excluding hydrogens is 238 g/mol. The van der Waals surface area contributed by atoms with Crippen molar-refractivity contribution >= 4 is 17.8 Å². The Balaban J connectivity index is 2.28. The highest BCUT2D eigenvalue weighted by Crippen LogP contribution is 2.13. The Labute approximate surface area is 106 Å². The smallest absolute Gasteiger partial charge is 0.335 e. The van der Waals surface area contributed by atoms with Crippen LogP contribution in [0.3, 0.4) is 0 Å². The maximum atomic E-state index is 11.5. The lowest BCUT2D eigenvalue weighted by atomic mass is 10.3. The molecule has 1 saturated heterocycles. The van der Waals surface area contributed by atoms with E-state index in [1.54, 1.807) is 6.92 Å². The number of unbranched alkanes of at least 4 members (excludes halogenated alkanes) is 1. The van der Waals surface area contributed by atoms with Crippen molar-refractivity contribution in [2.45, 2.75) is 52.1 Å². The van der Waals surface area contributed by atoms with E-state index in [1.807, 2.05) is 6.92 Å². The minimum atomic E-state index is -0.623. The fourth-order valence-electron chi connectivity index (χ4n) is 1.52. The van der Waals surface area contributed by atoms with Gasteiger partial charge in [-0.3, -0.25) is 9.59 Å². The summed E-state index contributed by atoms with van der Waals surface area (Å²) in [6.07, 6.45) is 1.91. The topological polar surface area (TPSA) is 72.9 Å². The van der Waals surface area contributed by atoms with E-state index in [0.29, 0.717) is 11.7 Å². The fraction of sp³-hybridized carbons (Fsp3) is 0.750. The molecule has 0 bridgehead atoms. The third kappa shape index (κ3) is 4.44. The maximum Gasteiger partial charge on any atom is 0.335 e. The highest BCUT2D eigenvalue weighted by Gasteiger charge is 2.33. The zero-order chi connectivity index (χ0) is 13.5. The lowest BCUT2D eigenvalue weighted by molar-refractivity contribution is -0.199. The lowest BCUT2D eigenvalue weighted by Gasteiger charge is -2.15. The summed E-state index contributed by atoms with van der Waals surface area (Å²) in [5.74, 6) is -1.55. The van der Waals surface area contributed by atoms with Gasteiger partial charge in [-0.2, -0.15) is 0 Å². The zero-order valence-electron chi connectivity index (χ0n) is 10.8. The van der Waals surface area contributed by atoms with Gasteiger partial charge in [0.15, 0.2) is 0 Å². The van der Waals surface area contributed by atoms with Crippen molar-refractivity contribution in [1.82, 2.24) is 5.06 Å². The van der Waals surface area contributed by atoms with Crippen molar-refractivity contribution in [3.8, 4) is 0 Å². The van der Waals surface area contributed by atoms with E-state index in [1.165, 1.54) is 0 Å². The van der Waals surface area contributed by atoms with Crippen LogP contribution in [0.15, 0.2) is 0 Å². The van der Waals surface area contributed by atoms with Gasteiger partial charge >= 0.3 is 5.97 Å². The van der Waals surface area contributed by atoms with Gasteiger partial charge in [0.25, 0.3) is 11.8 Å². The van der Waals surface area contributed by atoms with Crippen molar-refractivity contribution < 1.29 is 24.0 Å². The molecule has 1 rings (SSSR count). The van der Waals surface area contributed by atoms with Gasteiger partial charge in [0.2, 0.25) is 0 Å². The van der Waals surface area contributed by atoms with Crippen molar-refractivity contribution in [2.75, 3.05) is 6.61 Å². The third-order valence-corrected chi connectivity index (χ3v) is 2.55. The number of hydrogen-bond acceptors (Lipinski definition) is 5. The van der Waals surface area contributed by atoms with Gasteiger partial charge < -0.3 is 9.57 Å². The second kappa shape index (κ2) is 7.10. The molecule has 0 N–H and O–H groups in total. The maximum absolute atomic E-state index is 11.5. The highest BCUT2D eigenvalue weighted by atomic mass is 16.7. The summed E-state index contributed by atoms with van der Waals surface area (Å²) >= 11 is 0. The molecule has 0 spiro atoms. The Bertz CT molecular complexity index is 312. The monoisotopic (exact) mass is 257 g/mol. The Morgan fingerprint density at radius 3 is 2.50 bits per heavy atom. The van der Waals surface area contributed by atoms with Crippen LogP contribution in [0.2, 0.25) is 0 Å². The zero-order valence-corrected chi connectivity index (χ0v) is 10.8. The normalized spacial score (nSPS) is 17.1. The minimum absolute atomic E-state index is 0.0285. The average Bonchev–Trinajstić information content (AvgIpc) is 2.61. The van der Waals surface area contributed by atoms with E-state index < -0.39 is 17.8 Å². The molecule has 0 radical (unpaired) electrons. The molecule has 6 nitrogen and oxygen atoms in total. The Hall–Kier alpha value is -1.43. The molecule has 6 heteroatoms. The number of carbonyl (C=O) groups excluding carboxylic acids is 3. The highest BCUT2D eigenvalue weighted by molar-refractivity contribution is 6.01.